The van der Waals surface area contributed by atoms with Gasteiger partial charge in [-0.05, 0) is 24.0 Å². The van der Waals surface area contributed by atoms with Gasteiger partial charge >= 0.3 is 5.97 Å². The minimum atomic E-state index is -0.839. The predicted octanol–water partition coefficient (Wildman–Crippen LogP) is 1.41. The van der Waals surface area contributed by atoms with Crippen LogP contribution >= 0.6 is 0 Å². The summed E-state index contributed by atoms with van der Waals surface area (Å²) in [5.41, 5.74) is 6.29. The Kier molecular flexibility index (Phi) is 4.09. The smallest absolute Gasteiger partial charge is 0.310 e. The summed E-state index contributed by atoms with van der Waals surface area (Å²) in [6.07, 6.45) is 1.09. The number of primary amides is 1. The zero-order valence-corrected chi connectivity index (χ0v) is 11.5. The van der Waals surface area contributed by atoms with Crippen LogP contribution in [0.15, 0.2) is 24.3 Å². The first-order chi connectivity index (χ1) is 9.51. The highest BCUT2D eigenvalue weighted by molar-refractivity contribution is 5.87. The summed E-state index contributed by atoms with van der Waals surface area (Å²) in [4.78, 5) is 22.9. The lowest BCUT2D eigenvalue weighted by Crippen LogP contribution is -2.41. The molecule has 20 heavy (non-hydrogen) atoms. The minimum Gasteiger partial charge on any atom is -0.481 e. The highest BCUT2D eigenvalue weighted by Gasteiger charge is 2.42. The Labute approximate surface area is 117 Å². The molecule has 2 atom stereocenters. The number of aliphatic carboxylic acids is 1. The number of amides is 1. The van der Waals surface area contributed by atoms with Crippen molar-refractivity contribution in [2.75, 3.05) is 13.2 Å². The van der Waals surface area contributed by atoms with E-state index in [1.807, 2.05) is 6.92 Å². The molecule has 1 aliphatic rings. The van der Waals surface area contributed by atoms with Gasteiger partial charge in [0.2, 0.25) is 5.91 Å². The van der Waals surface area contributed by atoms with Crippen LogP contribution in [0.4, 0.5) is 0 Å². The van der Waals surface area contributed by atoms with Gasteiger partial charge in [0, 0.05) is 6.61 Å². The quantitative estimate of drug-likeness (QED) is 0.851. The Morgan fingerprint density at radius 2 is 2.05 bits per heavy atom. The van der Waals surface area contributed by atoms with E-state index in [2.05, 4.69) is 0 Å². The topological polar surface area (TPSA) is 89.6 Å². The third-order valence-corrected chi connectivity index (χ3v) is 4.07. The van der Waals surface area contributed by atoms with Crippen LogP contribution in [0.1, 0.15) is 36.8 Å². The lowest BCUT2D eigenvalue weighted by Gasteiger charge is -2.24. The SMILES string of the molecule is CCC(C(=O)O)c1ccc(C2(C(N)=O)CCOC2)cc1. The van der Waals surface area contributed by atoms with Gasteiger partial charge in [0.15, 0.2) is 0 Å². The molecule has 108 valence electrons. The number of benzene rings is 1. The van der Waals surface area contributed by atoms with E-state index < -0.39 is 23.2 Å². The summed E-state index contributed by atoms with van der Waals surface area (Å²) >= 11 is 0. The first-order valence-corrected chi connectivity index (χ1v) is 6.72. The maximum Gasteiger partial charge on any atom is 0.310 e. The molecule has 2 rings (SSSR count). The van der Waals surface area contributed by atoms with Crippen molar-refractivity contribution in [2.45, 2.75) is 31.1 Å². The fourth-order valence-corrected chi connectivity index (χ4v) is 2.72. The summed E-state index contributed by atoms with van der Waals surface area (Å²) in [6, 6.07) is 7.11. The summed E-state index contributed by atoms with van der Waals surface area (Å²) in [7, 11) is 0. The van der Waals surface area contributed by atoms with Gasteiger partial charge in [-0.25, -0.2) is 0 Å². The van der Waals surface area contributed by atoms with Gasteiger partial charge in [-0.15, -0.1) is 0 Å². The van der Waals surface area contributed by atoms with Crippen LogP contribution in [0, 0.1) is 0 Å². The number of carbonyl (C=O) groups is 2. The van der Waals surface area contributed by atoms with Crippen molar-refractivity contribution < 1.29 is 19.4 Å². The number of nitrogens with two attached hydrogens (primary N) is 1. The highest BCUT2D eigenvalue weighted by Crippen LogP contribution is 2.34. The van der Waals surface area contributed by atoms with Crippen molar-refractivity contribution in [2.24, 2.45) is 5.73 Å². The molecule has 2 unspecified atom stereocenters. The van der Waals surface area contributed by atoms with Crippen LogP contribution in [0.2, 0.25) is 0 Å². The van der Waals surface area contributed by atoms with Gasteiger partial charge in [-0.3, -0.25) is 9.59 Å². The molecule has 5 heteroatoms. The number of carbonyl (C=O) groups excluding carboxylic acids is 1. The zero-order valence-electron chi connectivity index (χ0n) is 11.5. The third-order valence-electron chi connectivity index (χ3n) is 4.07. The van der Waals surface area contributed by atoms with E-state index in [0.717, 1.165) is 11.1 Å². The third kappa shape index (κ3) is 2.41. The standard InChI is InChI=1S/C15H19NO4/c1-2-12(13(17)18)10-3-5-11(6-4-10)15(14(16)19)7-8-20-9-15/h3-6,12H,2,7-9H2,1H3,(H2,16,19)(H,17,18). The molecule has 5 nitrogen and oxygen atoms in total. The molecule has 1 aromatic carbocycles. The Morgan fingerprint density at radius 1 is 1.40 bits per heavy atom. The van der Waals surface area contributed by atoms with Crippen molar-refractivity contribution in [3.05, 3.63) is 35.4 Å². The summed E-state index contributed by atoms with van der Waals surface area (Å²) < 4.78 is 5.32. The van der Waals surface area contributed by atoms with E-state index in [0.29, 0.717) is 19.4 Å². The van der Waals surface area contributed by atoms with Gasteiger partial charge in [-0.2, -0.15) is 0 Å². The Bertz CT molecular complexity index is 503. The molecule has 0 aliphatic carbocycles. The zero-order chi connectivity index (χ0) is 14.8. The second-order valence-electron chi connectivity index (χ2n) is 5.17. The lowest BCUT2D eigenvalue weighted by molar-refractivity contribution is -0.138. The van der Waals surface area contributed by atoms with Gasteiger partial charge in [0.25, 0.3) is 0 Å². The first kappa shape index (κ1) is 14.5. The van der Waals surface area contributed by atoms with E-state index in [1.165, 1.54) is 0 Å². The molecular weight excluding hydrogens is 258 g/mol. The summed E-state index contributed by atoms with van der Waals surface area (Å²) in [5.74, 6) is -1.75. The van der Waals surface area contributed by atoms with E-state index in [9.17, 15) is 9.59 Å². The molecule has 1 fully saturated rings. The van der Waals surface area contributed by atoms with E-state index >= 15 is 0 Å². The Morgan fingerprint density at radius 3 is 2.45 bits per heavy atom. The van der Waals surface area contributed by atoms with Crippen molar-refractivity contribution in [1.82, 2.24) is 0 Å². The number of carboxylic acid groups (broad SMARTS) is 1. The number of ether oxygens (including phenoxy) is 1. The molecule has 3 N–H and O–H groups in total. The average molecular weight is 277 g/mol. The summed E-state index contributed by atoms with van der Waals surface area (Å²) in [6.45, 7) is 2.64. The molecule has 1 amide bonds. The van der Waals surface area contributed by atoms with Crippen LogP contribution in [-0.2, 0) is 19.7 Å². The van der Waals surface area contributed by atoms with E-state index in [4.69, 9.17) is 15.6 Å². The van der Waals surface area contributed by atoms with Crippen LogP contribution in [-0.4, -0.2) is 30.2 Å². The number of carboxylic acids is 1. The second kappa shape index (κ2) is 5.63. The van der Waals surface area contributed by atoms with Crippen LogP contribution < -0.4 is 5.73 Å². The molecule has 0 aromatic heterocycles. The maximum atomic E-state index is 11.8. The van der Waals surface area contributed by atoms with Crippen molar-refractivity contribution in [3.8, 4) is 0 Å². The maximum absolute atomic E-state index is 11.8. The molecule has 1 aromatic rings. The van der Waals surface area contributed by atoms with Crippen LogP contribution in [0.25, 0.3) is 0 Å². The van der Waals surface area contributed by atoms with Crippen LogP contribution in [0.3, 0.4) is 0 Å². The van der Waals surface area contributed by atoms with Gasteiger partial charge in [0.05, 0.1) is 17.9 Å². The van der Waals surface area contributed by atoms with Gasteiger partial charge in [-0.1, -0.05) is 31.2 Å². The number of rotatable bonds is 5. The number of hydrogen-bond donors (Lipinski definition) is 2. The molecular formula is C15H19NO4. The van der Waals surface area contributed by atoms with Gasteiger partial charge < -0.3 is 15.6 Å². The van der Waals surface area contributed by atoms with Crippen molar-refractivity contribution in [3.63, 3.8) is 0 Å². The molecule has 0 bridgehead atoms. The molecule has 1 heterocycles. The van der Waals surface area contributed by atoms with Crippen LogP contribution in [0.5, 0.6) is 0 Å². The van der Waals surface area contributed by atoms with E-state index in [1.54, 1.807) is 24.3 Å². The molecule has 1 saturated heterocycles. The molecule has 0 spiro atoms. The minimum absolute atomic E-state index is 0.290. The number of hydrogen-bond acceptors (Lipinski definition) is 3. The fourth-order valence-electron chi connectivity index (χ4n) is 2.72. The fraction of sp³-hybridized carbons (Fsp3) is 0.467. The second-order valence-corrected chi connectivity index (χ2v) is 5.17. The Hall–Kier alpha value is -1.88. The van der Waals surface area contributed by atoms with Gasteiger partial charge in [0.1, 0.15) is 0 Å². The average Bonchev–Trinajstić information content (AvgIpc) is 2.90. The lowest BCUT2D eigenvalue weighted by atomic mass is 9.78. The normalized spacial score (nSPS) is 23.4. The predicted molar refractivity (Wildman–Crippen MR) is 73.4 cm³/mol. The highest BCUT2D eigenvalue weighted by atomic mass is 16.5. The summed E-state index contributed by atoms with van der Waals surface area (Å²) in [5, 5.41) is 9.15. The monoisotopic (exact) mass is 277 g/mol. The molecule has 0 radical (unpaired) electrons. The van der Waals surface area contributed by atoms with E-state index in [-0.39, 0.29) is 6.61 Å². The molecule has 0 saturated carbocycles. The Balaban J connectivity index is 2.32. The largest absolute Gasteiger partial charge is 0.481 e. The molecule has 1 aliphatic heterocycles. The first-order valence-electron chi connectivity index (χ1n) is 6.72. The van der Waals surface area contributed by atoms with Crippen molar-refractivity contribution >= 4 is 11.9 Å². The van der Waals surface area contributed by atoms with Crippen molar-refractivity contribution in [1.29, 1.82) is 0 Å².